The summed E-state index contributed by atoms with van der Waals surface area (Å²) in [6.45, 7) is 0. The minimum atomic E-state index is -4.93. The SMILES string of the molecule is COC1=C=CC=C(c2oc(C(F)(F)F)nc2-c2ccc(S(N)(=O)=O)cc2)C(F)=C1. The second-order valence-electron chi connectivity index (χ2n) is 5.72. The second kappa shape index (κ2) is 7.36. The second-order valence-corrected chi connectivity index (χ2v) is 7.28. The lowest BCUT2D eigenvalue weighted by Gasteiger charge is -2.05. The fourth-order valence-electron chi connectivity index (χ4n) is 2.45. The van der Waals surface area contributed by atoms with E-state index in [4.69, 9.17) is 14.3 Å². The number of methoxy groups -OCH3 is 1. The number of oxazole rings is 1. The Morgan fingerprint density at radius 3 is 2.41 bits per heavy atom. The highest BCUT2D eigenvalue weighted by molar-refractivity contribution is 7.89. The normalized spacial score (nSPS) is 14.8. The van der Waals surface area contributed by atoms with E-state index in [-0.39, 0.29) is 27.5 Å². The Kier molecular flexibility index (Phi) is 5.22. The van der Waals surface area contributed by atoms with Gasteiger partial charge in [0.15, 0.2) is 11.5 Å². The number of allylic oxidation sites excluding steroid dienone is 4. The number of sulfonamides is 1. The van der Waals surface area contributed by atoms with Crippen LogP contribution in [0.15, 0.2) is 69.1 Å². The van der Waals surface area contributed by atoms with Crippen molar-refractivity contribution in [2.45, 2.75) is 11.1 Å². The van der Waals surface area contributed by atoms with Crippen molar-refractivity contribution < 1.29 is 35.1 Å². The van der Waals surface area contributed by atoms with Crippen LogP contribution in [0.1, 0.15) is 11.7 Å². The van der Waals surface area contributed by atoms with Crippen LogP contribution in [0.25, 0.3) is 16.8 Å². The van der Waals surface area contributed by atoms with Gasteiger partial charge in [-0.05, 0) is 24.3 Å². The van der Waals surface area contributed by atoms with E-state index in [1.54, 1.807) is 0 Å². The highest BCUT2D eigenvalue weighted by atomic mass is 32.2. The van der Waals surface area contributed by atoms with E-state index < -0.39 is 33.7 Å². The maximum absolute atomic E-state index is 14.6. The van der Waals surface area contributed by atoms with Crippen molar-refractivity contribution in [2.75, 3.05) is 7.11 Å². The van der Waals surface area contributed by atoms with Gasteiger partial charge in [-0.2, -0.15) is 13.2 Å². The monoisotopic (exact) mass is 428 g/mol. The summed E-state index contributed by atoms with van der Waals surface area (Å²) in [7, 11) is -2.73. The van der Waals surface area contributed by atoms with E-state index in [2.05, 4.69) is 10.7 Å². The Morgan fingerprint density at radius 2 is 1.86 bits per heavy atom. The van der Waals surface area contributed by atoms with Crippen molar-refractivity contribution in [3.8, 4) is 11.3 Å². The van der Waals surface area contributed by atoms with Gasteiger partial charge in [0.25, 0.3) is 0 Å². The molecule has 2 N–H and O–H groups in total. The third kappa shape index (κ3) is 4.32. The molecule has 11 heteroatoms. The highest BCUT2D eigenvalue weighted by Gasteiger charge is 2.39. The van der Waals surface area contributed by atoms with Crippen LogP contribution in [0.3, 0.4) is 0 Å². The van der Waals surface area contributed by atoms with Crippen molar-refractivity contribution in [2.24, 2.45) is 5.14 Å². The number of ether oxygens (including phenoxy) is 1. The molecule has 0 bridgehead atoms. The van der Waals surface area contributed by atoms with Gasteiger partial charge in [0.2, 0.25) is 10.0 Å². The van der Waals surface area contributed by atoms with Crippen molar-refractivity contribution in [1.82, 2.24) is 4.98 Å². The molecular weight excluding hydrogens is 416 g/mol. The summed E-state index contributed by atoms with van der Waals surface area (Å²) in [4.78, 5) is 3.19. The van der Waals surface area contributed by atoms with Crippen LogP contribution in [-0.4, -0.2) is 20.5 Å². The molecular formula is C18H12F4N2O4S. The summed E-state index contributed by atoms with van der Waals surface area (Å²) in [5.74, 6) is -3.00. The average Bonchev–Trinajstić information content (AvgIpc) is 3.00. The van der Waals surface area contributed by atoms with E-state index in [9.17, 15) is 26.0 Å². The summed E-state index contributed by atoms with van der Waals surface area (Å²) >= 11 is 0. The van der Waals surface area contributed by atoms with Gasteiger partial charge in [0, 0.05) is 11.6 Å². The van der Waals surface area contributed by atoms with Crippen LogP contribution in [-0.2, 0) is 20.9 Å². The van der Waals surface area contributed by atoms with Crippen LogP contribution in [0.2, 0.25) is 0 Å². The lowest BCUT2D eigenvalue weighted by molar-refractivity contribution is -0.157. The number of aromatic nitrogens is 1. The summed E-state index contributed by atoms with van der Waals surface area (Å²) in [5, 5.41) is 5.01. The number of alkyl halides is 3. The Morgan fingerprint density at radius 1 is 1.21 bits per heavy atom. The Balaban J connectivity index is 2.17. The average molecular weight is 428 g/mol. The molecule has 0 spiro atoms. The fraction of sp³-hybridized carbons (Fsp3) is 0.111. The Hall–Kier alpha value is -3.14. The zero-order valence-corrected chi connectivity index (χ0v) is 15.4. The molecule has 0 saturated heterocycles. The van der Waals surface area contributed by atoms with E-state index in [0.717, 1.165) is 24.3 Å². The van der Waals surface area contributed by atoms with Gasteiger partial charge in [-0.25, -0.2) is 22.9 Å². The number of primary sulfonamides is 1. The molecule has 2 aromatic rings. The summed E-state index contributed by atoms with van der Waals surface area (Å²) in [6, 6.07) is 4.56. The standard InChI is InChI=1S/C18H12F4N2O4S/c1-27-11-3-2-4-13(14(19)9-11)16-15(24-17(28-16)18(20,21)22)10-5-7-12(8-6-10)29(23,25)26/h2,4-9H,1H3,(H2,23,25,26). The van der Waals surface area contributed by atoms with Gasteiger partial charge in [0.1, 0.15) is 11.5 Å². The molecule has 3 rings (SSSR count). The summed E-state index contributed by atoms with van der Waals surface area (Å²) in [5.41, 5.74) is 2.00. The molecule has 1 aromatic heterocycles. The predicted octanol–water partition coefficient (Wildman–Crippen LogP) is 3.94. The lowest BCUT2D eigenvalue weighted by atomic mass is 10.0. The molecule has 0 atom stereocenters. The third-order valence-electron chi connectivity index (χ3n) is 3.78. The van der Waals surface area contributed by atoms with Gasteiger partial charge in [-0.3, -0.25) is 0 Å². The number of nitrogens with zero attached hydrogens (tertiary/aromatic N) is 1. The number of rotatable bonds is 4. The van der Waals surface area contributed by atoms with E-state index in [1.807, 2.05) is 0 Å². The van der Waals surface area contributed by atoms with Gasteiger partial charge in [-0.15, -0.1) is 0 Å². The molecule has 29 heavy (non-hydrogen) atoms. The van der Waals surface area contributed by atoms with Gasteiger partial charge < -0.3 is 9.15 Å². The van der Waals surface area contributed by atoms with Crippen molar-refractivity contribution in [1.29, 1.82) is 0 Å². The smallest absolute Gasteiger partial charge is 0.468 e. The molecule has 0 amide bonds. The molecule has 0 unspecified atom stereocenters. The zero-order valence-electron chi connectivity index (χ0n) is 14.6. The summed E-state index contributed by atoms with van der Waals surface area (Å²) in [6.07, 6.45) is -1.59. The molecule has 1 aromatic carbocycles. The maximum atomic E-state index is 14.6. The Bertz CT molecular complexity index is 1180. The first-order valence-corrected chi connectivity index (χ1v) is 9.35. The van der Waals surface area contributed by atoms with Crippen LogP contribution in [0.5, 0.6) is 0 Å². The van der Waals surface area contributed by atoms with Crippen LogP contribution >= 0.6 is 0 Å². The molecule has 0 fully saturated rings. The molecule has 152 valence electrons. The van der Waals surface area contributed by atoms with E-state index >= 15 is 0 Å². The minimum Gasteiger partial charge on any atom is -0.489 e. The summed E-state index contributed by atoms with van der Waals surface area (Å²) < 4.78 is 86.5. The number of hydrogen-bond acceptors (Lipinski definition) is 5. The highest BCUT2D eigenvalue weighted by Crippen LogP contribution is 2.39. The third-order valence-corrected chi connectivity index (χ3v) is 4.71. The minimum absolute atomic E-state index is 0.0170. The number of nitrogens with two attached hydrogens (primary N) is 1. The lowest BCUT2D eigenvalue weighted by Crippen LogP contribution is -2.11. The molecule has 6 nitrogen and oxygen atoms in total. The first-order chi connectivity index (χ1) is 13.5. The fourth-order valence-corrected chi connectivity index (χ4v) is 2.96. The van der Waals surface area contributed by atoms with Gasteiger partial charge in [0.05, 0.1) is 17.6 Å². The van der Waals surface area contributed by atoms with Crippen LogP contribution in [0.4, 0.5) is 17.6 Å². The predicted molar refractivity (Wildman–Crippen MR) is 94.1 cm³/mol. The molecule has 1 aliphatic carbocycles. The van der Waals surface area contributed by atoms with Gasteiger partial charge >= 0.3 is 12.1 Å². The zero-order chi connectivity index (χ0) is 21.4. The molecule has 1 heterocycles. The van der Waals surface area contributed by atoms with E-state index in [1.165, 1.54) is 25.3 Å². The number of benzene rings is 1. The van der Waals surface area contributed by atoms with Crippen LogP contribution in [0, 0.1) is 0 Å². The number of hydrogen-bond donors (Lipinski definition) is 1. The molecule has 0 saturated carbocycles. The molecule has 1 aliphatic rings. The number of halogens is 4. The topological polar surface area (TPSA) is 95.4 Å². The first-order valence-electron chi connectivity index (χ1n) is 7.81. The first kappa shape index (κ1) is 20.6. The molecule has 0 radical (unpaired) electrons. The molecule has 0 aliphatic heterocycles. The van der Waals surface area contributed by atoms with Crippen molar-refractivity contribution in [3.63, 3.8) is 0 Å². The quantitative estimate of drug-likeness (QED) is 0.588. The maximum Gasteiger partial charge on any atom is 0.468 e. The largest absolute Gasteiger partial charge is 0.489 e. The van der Waals surface area contributed by atoms with Crippen molar-refractivity contribution >= 4 is 15.6 Å². The van der Waals surface area contributed by atoms with E-state index in [0.29, 0.717) is 0 Å². The van der Waals surface area contributed by atoms with Crippen molar-refractivity contribution in [3.05, 3.63) is 71.5 Å². The Labute approximate surface area is 162 Å². The van der Waals surface area contributed by atoms with Crippen LogP contribution < -0.4 is 5.14 Å². The van der Waals surface area contributed by atoms with Gasteiger partial charge in [-0.1, -0.05) is 17.9 Å².